The lowest BCUT2D eigenvalue weighted by Gasteiger charge is -2.06. The normalized spacial score (nSPS) is 10.2. The Morgan fingerprint density at radius 3 is 2.50 bits per heavy atom. The van der Waals surface area contributed by atoms with Gasteiger partial charge in [0.1, 0.15) is 11.6 Å². The zero-order chi connectivity index (χ0) is 15.0. The molecule has 0 radical (unpaired) electrons. The number of phenols is 1. The Balaban J connectivity index is 2.22. The van der Waals surface area contributed by atoms with E-state index in [-0.39, 0.29) is 17.7 Å². The van der Waals surface area contributed by atoms with Gasteiger partial charge in [-0.1, -0.05) is 12.8 Å². The van der Waals surface area contributed by atoms with E-state index >= 15 is 0 Å². The number of carboxylic acids is 1. The first kappa shape index (κ1) is 15.9. The molecule has 0 aromatic heterocycles. The highest BCUT2D eigenvalue weighted by Gasteiger charge is 2.10. The van der Waals surface area contributed by atoms with Crippen LogP contribution in [0.1, 0.15) is 42.5 Å². The molecule has 3 N–H and O–H groups in total. The third-order valence-corrected chi connectivity index (χ3v) is 2.81. The third kappa shape index (κ3) is 5.69. The van der Waals surface area contributed by atoms with Crippen LogP contribution in [-0.4, -0.2) is 28.6 Å². The Morgan fingerprint density at radius 2 is 1.85 bits per heavy atom. The van der Waals surface area contributed by atoms with Crippen molar-refractivity contribution in [1.29, 1.82) is 0 Å². The van der Waals surface area contributed by atoms with Crippen molar-refractivity contribution < 1.29 is 24.2 Å². The highest BCUT2D eigenvalue weighted by Crippen LogP contribution is 2.17. The first-order valence-electron chi connectivity index (χ1n) is 6.49. The van der Waals surface area contributed by atoms with Crippen molar-refractivity contribution in [2.24, 2.45) is 0 Å². The van der Waals surface area contributed by atoms with Crippen molar-refractivity contribution in [3.05, 3.63) is 29.6 Å². The van der Waals surface area contributed by atoms with Gasteiger partial charge in [0.2, 0.25) is 0 Å². The quantitative estimate of drug-likeness (QED) is 0.639. The number of nitrogens with one attached hydrogen (secondary N) is 1. The van der Waals surface area contributed by atoms with Gasteiger partial charge in [-0.05, 0) is 25.0 Å². The van der Waals surface area contributed by atoms with E-state index in [2.05, 4.69) is 5.32 Å². The topological polar surface area (TPSA) is 86.6 Å². The lowest BCUT2D eigenvalue weighted by molar-refractivity contribution is -0.137. The van der Waals surface area contributed by atoms with Crippen LogP contribution in [0.25, 0.3) is 0 Å². The lowest BCUT2D eigenvalue weighted by atomic mass is 10.1. The van der Waals surface area contributed by atoms with E-state index in [9.17, 15) is 19.1 Å². The molecule has 110 valence electrons. The number of carbonyl (C=O) groups is 2. The van der Waals surface area contributed by atoms with Gasteiger partial charge < -0.3 is 15.5 Å². The molecule has 0 unspecified atom stereocenters. The Kier molecular flexibility index (Phi) is 6.49. The fourth-order valence-electron chi connectivity index (χ4n) is 1.75. The van der Waals surface area contributed by atoms with E-state index in [0.717, 1.165) is 31.4 Å². The first-order chi connectivity index (χ1) is 9.50. The van der Waals surface area contributed by atoms with Gasteiger partial charge in [-0.15, -0.1) is 0 Å². The molecule has 0 spiro atoms. The number of aromatic hydroxyl groups is 1. The maximum absolute atomic E-state index is 12.8. The summed E-state index contributed by atoms with van der Waals surface area (Å²) in [4.78, 5) is 22.0. The van der Waals surface area contributed by atoms with E-state index < -0.39 is 17.7 Å². The van der Waals surface area contributed by atoms with Crippen LogP contribution in [0.5, 0.6) is 5.75 Å². The molecule has 1 aromatic rings. The number of aliphatic carboxylic acids is 1. The monoisotopic (exact) mass is 283 g/mol. The van der Waals surface area contributed by atoms with Crippen LogP contribution in [0.4, 0.5) is 4.39 Å². The molecule has 0 aliphatic rings. The summed E-state index contributed by atoms with van der Waals surface area (Å²) in [5, 5.41) is 20.5. The fourth-order valence-corrected chi connectivity index (χ4v) is 1.75. The highest BCUT2D eigenvalue weighted by molar-refractivity contribution is 5.96. The largest absolute Gasteiger partial charge is 0.507 e. The number of rotatable bonds is 8. The maximum Gasteiger partial charge on any atom is 0.303 e. The standard InChI is InChI=1S/C14H18FNO4/c15-10-6-7-11(12(17)9-10)14(20)16-8-4-2-1-3-5-13(18)19/h6-7,9,17H,1-5,8H2,(H,16,20)(H,18,19). The molecule has 0 heterocycles. The van der Waals surface area contributed by atoms with Crippen molar-refractivity contribution in [3.63, 3.8) is 0 Å². The minimum Gasteiger partial charge on any atom is -0.507 e. The fraction of sp³-hybridized carbons (Fsp3) is 0.429. The van der Waals surface area contributed by atoms with Gasteiger partial charge in [-0.2, -0.15) is 0 Å². The number of phenolic OH excluding ortho intramolecular Hbond substituents is 1. The highest BCUT2D eigenvalue weighted by atomic mass is 19.1. The molecule has 6 heteroatoms. The van der Waals surface area contributed by atoms with Gasteiger partial charge in [0, 0.05) is 19.0 Å². The Hall–Kier alpha value is -2.11. The second-order valence-electron chi connectivity index (χ2n) is 4.48. The summed E-state index contributed by atoms with van der Waals surface area (Å²) in [5.41, 5.74) is 0.0391. The number of halogens is 1. The molecular formula is C14H18FNO4. The van der Waals surface area contributed by atoms with E-state index in [1.165, 1.54) is 6.07 Å². The minimum absolute atomic E-state index is 0.0391. The number of unbranched alkanes of at least 4 members (excludes halogenated alkanes) is 3. The summed E-state index contributed by atoms with van der Waals surface area (Å²) in [5.74, 6) is -2.24. The van der Waals surface area contributed by atoms with Crippen LogP contribution >= 0.6 is 0 Å². The maximum atomic E-state index is 12.8. The number of hydrogen-bond donors (Lipinski definition) is 3. The van der Waals surface area contributed by atoms with Gasteiger partial charge in [0.05, 0.1) is 5.56 Å². The SMILES string of the molecule is O=C(O)CCCCCCNC(=O)c1ccc(F)cc1O. The third-order valence-electron chi connectivity index (χ3n) is 2.81. The molecular weight excluding hydrogens is 265 g/mol. The molecule has 0 saturated carbocycles. The van der Waals surface area contributed by atoms with Crippen molar-refractivity contribution in [2.75, 3.05) is 6.54 Å². The molecule has 0 aliphatic heterocycles. The van der Waals surface area contributed by atoms with Crippen molar-refractivity contribution >= 4 is 11.9 Å². The van der Waals surface area contributed by atoms with Crippen molar-refractivity contribution in [3.8, 4) is 5.75 Å². The van der Waals surface area contributed by atoms with Gasteiger partial charge in [-0.25, -0.2) is 4.39 Å². The summed E-state index contributed by atoms with van der Waals surface area (Å²) < 4.78 is 12.8. The molecule has 0 atom stereocenters. The summed E-state index contributed by atoms with van der Waals surface area (Å²) in [6.45, 7) is 0.433. The average molecular weight is 283 g/mol. The van der Waals surface area contributed by atoms with Crippen molar-refractivity contribution in [1.82, 2.24) is 5.32 Å². The number of carboxylic acid groups (broad SMARTS) is 1. The van der Waals surface area contributed by atoms with E-state index in [0.29, 0.717) is 13.0 Å². The van der Waals surface area contributed by atoms with Crippen LogP contribution in [0, 0.1) is 5.82 Å². The zero-order valence-corrected chi connectivity index (χ0v) is 11.1. The second-order valence-corrected chi connectivity index (χ2v) is 4.48. The van der Waals surface area contributed by atoms with Crippen LogP contribution < -0.4 is 5.32 Å². The molecule has 5 nitrogen and oxygen atoms in total. The number of carbonyl (C=O) groups excluding carboxylic acids is 1. The molecule has 0 fully saturated rings. The van der Waals surface area contributed by atoms with E-state index in [1.54, 1.807) is 0 Å². The number of amides is 1. The zero-order valence-electron chi connectivity index (χ0n) is 11.1. The van der Waals surface area contributed by atoms with E-state index in [1.807, 2.05) is 0 Å². The van der Waals surface area contributed by atoms with Gasteiger partial charge in [0.15, 0.2) is 0 Å². The summed E-state index contributed by atoms with van der Waals surface area (Å²) in [6.07, 6.45) is 3.14. The van der Waals surface area contributed by atoms with E-state index in [4.69, 9.17) is 5.11 Å². The molecule has 0 aliphatic carbocycles. The molecule has 1 rings (SSSR count). The smallest absolute Gasteiger partial charge is 0.303 e. The Bertz CT molecular complexity index is 476. The molecule has 1 amide bonds. The Morgan fingerprint density at radius 1 is 1.15 bits per heavy atom. The molecule has 20 heavy (non-hydrogen) atoms. The minimum atomic E-state index is -0.801. The van der Waals surface area contributed by atoms with Crippen LogP contribution in [0.2, 0.25) is 0 Å². The lowest BCUT2D eigenvalue weighted by Crippen LogP contribution is -2.24. The number of benzene rings is 1. The summed E-state index contributed by atoms with van der Waals surface area (Å²) in [7, 11) is 0. The van der Waals surface area contributed by atoms with Gasteiger partial charge in [-0.3, -0.25) is 9.59 Å². The molecule has 1 aromatic carbocycles. The van der Waals surface area contributed by atoms with Crippen LogP contribution in [0.15, 0.2) is 18.2 Å². The molecule has 0 bridgehead atoms. The average Bonchev–Trinajstić information content (AvgIpc) is 2.37. The summed E-state index contributed by atoms with van der Waals surface area (Å²) >= 11 is 0. The predicted molar refractivity (Wildman–Crippen MR) is 71.1 cm³/mol. The Labute approximate surface area is 116 Å². The van der Waals surface area contributed by atoms with Crippen LogP contribution in [0.3, 0.4) is 0 Å². The van der Waals surface area contributed by atoms with Crippen molar-refractivity contribution in [2.45, 2.75) is 32.1 Å². The van der Waals surface area contributed by atoms with Crippen LogP contribution in [-0.2, 0) is 4.79 Å². The second kappa shape index (κ2) is 8.14. The summed E-state index contributed by atoms with van der Waals surface area (Å²) in [6, 6.07) is 3.23. The number of hydrogen-bond acceptors (Lipinski definition) is 3. The molecule has 0 saturated heterocycles. The van der Waals surface area contributed by atoms with Gasteiger partial charge in [0.25, 0.3) is 5.91 Å². The first-order valence-corrected chi connectivity index (χ1v) is 6.49. The predicted octanol–water partition coefficient (Wildman–Crippen LogP) is 2.30. The van der Waals surface area contributed by atoms with Gasteiger partial charge >= 0.3 is 5.97 Å².